The first-order valence-corrected chi connectivity index (χ1v) is 5.25. The minimum absolute atomic E-state index is 0.274. The maximum Gasteiger partial charge on any atom is 0.0759 e. The summed E-state index contributed by atoms with van der Waals surface area (Å²) in [5.41, 5.74) is 2.03. The van der Waals surface area contributed by atoms with Crippen LogP contribution >= 0.6 is 0 Å². The van der Waals surface area contributed by atoms with Gasteiger partial charge in [0.25, 0.3) is 0 Å². The summed E-state index contributed by atoms with van der Waals surface area (Å²) in [4.78, 5) is 0. The summed E-state index contributed by atoms with van der Waals surface area (Å²) in [6.07, 6.45) is 12.1. The summed E-state index contributed by atoms with van der Waals surface area (Å²) in [5, 5.41) is 0. The molecule has 76 valence electrons. The molecule has 1 heteroatoms. The predicted octanol–water partition coefficient (Wildman–Crippen LogP) is 2.86. The molecule has 1 unspecified atom stereocenters. The van der Waals surface area contributed by atoms with E-state index in [1.807, 2.05) is 24.3 Å². The number of hydrogen-bond donors (Lipinski definition) is 0. The number of hydrogen-bond acceptors (Lipinski definition) is 1. The molecule has 1 aliphatic heterocycles. The Labute approximate surface area is 90.8 Å². The van der Waals surface area contributed by atoms with Gasteiger partial charge in [-0.1, -0.05) is 36.3 Å². The van der Waals surface area contributed by atoms with Gasteiger partial charge in [0.05, 0.1) is 6.10 Å². The second-order valence-electron chi connectivity index (χ2n) is 3.64. The van der Waals surface area contributed by atoms with Gasteiger partial charge in [-0.3, -0.25) is 0 Å². The van der Waals surface area contributed by atoms with E-state index in [0.717, 1.165) is 30.6 Å². The van der Waals surface area contributed by atoms with E-state index in [0.29, 0.717) is 0 Å². The van der Waals surface area contributed by atoms with Crippen molar-refractivity contribution >= 4 is 6.08 Å². The molecule has 1 aromatic rings. The van der Waals surface area contributed by atoms with E-state index in [4.69, 9.17) is 11.2 Å². The lowest BCUT2D eigenvalue weighted by Gasteiger charge is -2.02. The summed E-state index contributed by atoms with van der Waals surface area (Å²) < 4.78 is 5.51. The molecular weight excluding hydrogens is 184 g/mol. The molecule has 0 aromatic heterocycles. The van der Waals surface area contributed by atoms with Crippen LogP contribution in [0.3, 0.4) is 0 Å². The van der Waals surface area contributed by atoms with E-state index in [-0.39, 0.29) is 6.10 Å². The van der Waals surface area contributed by atoms with Crippen LogP contribution in [-0.2, 0) is 4.74 Å². The Balaban J connectivity index is 2.13. The molecular formula is C14H14O. The monoisotopic (exact) mass is 198 g/mol. The normalized spacial score (nSPS) is 20.6. The molecule has 2 rings (SSSR count). The second kappa shape index (κ2) is 4.82. The maximum absolute atomic E-state index is 5.51. The third-order valence-electron chi connectivity index (χ3n) is 2.57. The van der Waals surface area contributed by atoms with Crippen LogP contribution in [0, 0.1) is 12.3 Å². The Morgan fingerprint density at radius 2 is 2.27 bits per heavy atom. The summed E-state index contributed by atoms with van der Waals surface area (Å²) >= 11 is 0. The fraction of sp³-hybridized carbons (Fsp3) is 0.286. The van der Waals surface area contributed by atoms with E-state index < -0.39 is 0 Å². The Morgan fingerprint density at radius 1 is 1.40 bits per heavy atom. The fourth-order valence-electron chi connectivity index (χ4n) is 1.74. The van der Waals surface area contributed by atoms with Crippen molar-refractivity contribution in [1.29, 1.82) is 0 Å². The van der Waals surface area contributed by atoms with Gasteiger partial charge >= 0.3 is 0 Å². The van der Waals surface area contributed by atoms with Crippen LogP contribution in [0.25, 0.3) is 6.08 Å². The van der Waals surface area contributed by atoms with Gasteiger partial charge in [-0.2, -0.15) is 0 Å². The SMILES string of the molecule is C#Cc1ccccc1/C=C/C1CCCO1. The molecule has 1 aromatic carbocycles. The second-order valence-corrected chi connectivity index (χ2v) is 3.64. The number of benzene rings is 1. The average Bonchev–Trinajstić information content (AvgIpc) is 2.79. The van der Waals surface area contributed by atoms with Gasteiger partial charge in [-0.15, -0.1) is 6.42 Å². The highest BCUT2D eigenvalue weighted by atomic mass is 16.5. The Bertz CT molecular complexity index is 392. The molecule has 1 aliphatic rings. The van der Waals surface area contributed by atoms with Crippen LogP contribution in [0.4, 0.5) is 0 Å². The lowest BCUT2D eigenvalue weighted by molar-refractivity contribution is 0.146. The van der Waals surface area contributed by atoms with Crippen molar-refractivity contribution in [2.24, 2.45) is 0 Å². The minimum Gasteiger partial charge on any atom is -0.374 e. The van der Waals surface area contributed by atoms with Crippen molar-refractivity contribution in [3.05, 3.63) is 41.5 Å². The Morgan fingerprint density at radius 3 is 3.00 bits per heavy atom. The van der Waals surface area contributed by atoms with Crippen LogP contribution < -0.4 is 0 Å². The highest BCUT2D eigenvalue weighted by Gasteiger charge is 2.11. The quantitative estimate of drug-likeness (QED) is 0.664. The van der Waals surface area contributed by atoms with Gasteiger partial charge in [-0.05, 0) is 24.5 Å². The molecule has 1 heterocycles. The Hall–Kier alpha value is -1.52. The van der Waals surface area contributed by atoms with Gasteiger partial charge < -0.3 is 4.74 Å². The van der Waals surface area contributed by atoms with Gasteiger partial charge in [0, 0.05) is 12.2 Å². The average molecular weight is 198 g/mol. The van der Waals surface area contributed by atoms with E-state index in [1.165, 1.54) is 0 Å². The van der Waals surface area contributed by atoms with Crippen molar-refractivity contribution in [3.8, 4) is 12.3 Å². The number of rotatable bonds is 2. The molecule has 1 atom stereocenters. The van der Waals surface area contributed by atoms with Crippen molar-refractivity contribution in [2.45, 2.75) is 18.9 Å². The first-order valence-electron chi connectivity index (χ1n) is 5.25. The lowest BCUT2D eigenvalue weighted by Crippen LogP contribution is -1.98. The van der Waals surface area contributed by atoms with Gasteiger partial charge in [-0.25, -0.2) is 0 Å². The molecule has 0 aliphatic carbocycles. The van der Waals surface area contributed by atoms with E-state index >= 15 is 0 Å². The third-order valence-corrected chi connectivity index (χ3v) is 2.57. The Kier molecular flexibility index (Phi) is 3.22. The highest BCUT2D eigenvalue weighted by molar-refractivity contribution is 5.58. The fourth-order valence-corrected chi connectivity index (χ4v) is 1.74. The molecule has 0 N–H and O–H groups in total. The standard InChI is InChI=1S/C14H14O/c1-2-12-6-3-4-7-13(12)9-10-14-8-5-11-15-14/h1,3-4,6-7,9-10,14H,5,8,11H2/b10-9+. The maximum atomic E-state index is 5.51. The van der Waals surface area contributed by atoms with Gasteiger partial charge in [0.1, 0.15) is 0 Å². The van der Waals surface area contributed by atoms with E-state index in [9.17, 15) is 0 Å². The van der Waals surface area contributed by atoms with Crippen molar-refractivity contribution in [1.82, 2.24) is 0 Å². The largest absolute Gasteiger partial charge is 0.374 e. The molecule has 1 nitrogen and oxygen atoms in total. The van der Waals surface area contributed by atoms with E-state index in [2.05, 4.69) is 18.1 Å². The zero-order valence-corrected chi connectivity index (χ0v) is 8.65. The minimum atomic E-state index is 0.274. The van der Waals surface area contributed by atoms with Crippen molar-refractivity contribution < 1.29 is 4.74 Å². The van der Waals surface area contributed by atoms with Crippen LogP contribution in [0.1, 0.15) is 24.0 Å². The molecule has 0 radical (unpaired) electrons. The molecule has 0 bridgehead atoms. The van der Waals surface area contributed by atoms with Crippen LogP contribution in [-0.4, -0.2) is 12.7 Å². The number of ether oxygens (including phenoxy) is 1. The zero-order chi connectivity index (χ0) is 10.5. The topological polar surface area (TPSA) is 9.23 Å². The lowest BCUT2D eigenvalue weighted by atomic mass is 10.1. The van der Waals surface area contributed by atoms with Gasteiger partial charge in [0.2, 0.25) is 0 Å². The summed E-state index contributed by atoms with van der Waals surface area (Å²) in [6, 6.07) is 7.93. The molecule has 1 fully saturated rings. The first kappa shape index (κ1) is 10.0. The summed E-state index contributed by atoms with van der Waals surface area (Å²) in [7, 11) is 0. The molecule has 0 saturated carbocycles. The van der Waals surface area contributed by atoms with Crippen molar-refractivity contribution in [3.63, 3.8) is 0 Å². The summed E-state index contributed by atoms with van der Waals surface area (Å²) in [6.45, 7) is 0.881. The number of terminal acetylenes is 1. The van der Waals surface area contributed by atoms with E-state index in [1.54, 1.807) is 0 Å². The molecule has 1 saturated heterocycles. The molecule has 15 heavy (non-hydrogen) atoms. The highest BCUT2D eigenvalue weighted by Crippen LogP contribution is 2.16. The van der Waals surface area contributed by atoms with Gasteiger partial charge in [0.15, 0.2) is 0 Å². The zero-order valence-electron chi connectivity index (χ0n) is 8.65. The van der Waals surface area contributed by atoms with Crippen LogP contribution in [0.2, 0.25) is 0 Å². The first-order chi connectivity index (χ1) is 7.40. The van der Waals surface area contributed by atoms with Crippen LogP contribution in [0.15, 0.2) is 30.3 Å². The summed E-state index contributed by atoms with van der Waals surface area (Å²) in [5.74, 6) is 2.68. The van der Waals surface area contributed by atoms with Crippen molar-refractivity contribution in [2.75, 3.05) is 6.61 Å². The third kappa shape index (κ3) is 2.49. The molecule has 0 amide bonds. The predicted molar refractivity (Wildman–Crippen MR) is 62.4 cm³/mol. The smallest absolute Gasteiger partial charge is 0.0759 e. The van der Waals surface area contributed by atoms with Crippen LogP contribution in [0.5, 0.6) is 0 Å². The molecule has 0 spiro atoms.